The molecule has 0 aromatic heterocycles. The van der Waals surface area contributed by atoms with Crippen molar-refractivity contribution in [3.63, 3.8) is 0 Å². The molecule has 0 fully saturated rings. The molecule has 0 aliphatic carbocycles. The molecule has 0 saturated heterocycles. The molecular formula is C17H16ClF3N2O. The van der Waals surface area contributed by atoms with E-state index in [4.69, 9.17) is 11.6 Å². The van der Waals surface area contributed by atoms with E-state index in [-0.39, 0.29) is 0 Å². The highest BCUT2D eigenvalue weighted by atomic mass is 35.5. The number of nitrogens with one attached hydrogen (secondary N) is 1. The van der Waals surface area contributed by atoms with Gasteiger partial charge in [0.2, 0.25) is 5.91 Å². The second-order valence-electron chi connectivity index (χ2n) is 5.43. The number of halogens is 4. The molecule has 0 bridgehead atoms. The van der Waals surface area contributed by atoms with Crippen LogP contribution in [-0.2, 0) is 11.3 Å². The first kappa shape index (κ1) is 18.3. The number of amides is 1. The van der Waals surface area contributed by atoms with Crippen LogP contribution in [0, 0.1) is 17.5 Å². The number of hydrogen-bond acceptors (Lipinski definition) is 2. The number of rotatable bonds is 5. The Balaban J connectivity index is 2.03. The van der Waals surface area contributed by atoms with Gasteiger partial charge < -0.3 is 5.32 Å². The summed E-state index contributed by atoms with van der Waals surface area (Å²) in [6, 6.07) is 8.27. The maximum absolute atomic E-state index is 13.6. The molecule has 1 N–H and O–H groups in total. The smallest absolute Gasteiger partial charge is 0.241 e. The van der Waals surface area contributed by atoms with Crippen molar-refractivity contribution in [3.8, 4) is 0 Å². The molecule has 1 atom stereocenters. The lowest BCUT2D eigenvalue weighted by molar-refractivity contribution is -0.120. The number of anilines is 1. The Labute approximate surface area is 143 Å². The Hall–Kier alpha value is -2.05. The molecule has 0 radical (unpaired) electrons. The summed E-state index contributed by atoms with van der Waals surface area (Å²) in [6.45, 7) is 2.09. The highest BCUT2D eigenvalue weighted by molar-refractivity contribution is 6.30. The lowest BCUT2D eigenvalue weighted by Crippen LogP contribution is -2.39. The SMILES string of the molecule is CC(C(=O)Nc1ccc(F)c(F)c1F)N(C)Cc1ccc(Cl)cc1. The van der Waals surface area contributed by atoms with Gasteiger partial charge >= 0.3 is 0 Å². The Kier molecular flexibility index (Phi) is 5.85. The molecule has 1 unspecified atom stereocenters. The fraction of sp³-hybridized carbons (Fsp3) is 0.235. The first-order valence-electron chi connectivity index (χ1n) is 7.18. The number of likely N-dealkylation sites (N-methyl/N-ethyl adjacent to an activating group) is 1. The molecule has 0 spiro atoms. The van der Waals surface area contributed by atoms with Crippen LogP contribution in [0.1, 0.15) is 12.5 Å². The van der Waals surface area contributed by atoms with E-state index in [0.29, 0.717) is 11.6 Å². The second-order valence-corrected chi connectivity index (χ2v) is 5.87. The van der Waals surface area contributed by atoms with Crippen LogP contribution in [0.15, 0.2) is 36.4 Å². The van der Waals surface area contributed by atoms with E-state index in [1.807, 2.05) is 12.1 Å². The lowest BCUT2D eigenvalue weighted by Gasteiger charge is -2.24. The number of nitrogens with zero attached hydrogens (tertiary/aromatic N) is 1. The predicted octanol–water partition coefficient (Wildman–Crippen LogP) is 4.22. The molecular weight excluding hydrogens is 341 g/mol. The first-order chi connectivity index (χ1) is 11.3. The zero-order valence-electron chi connectivity index (χ0n) is 13.1. The molecule has 7 heteroatoms. The summed E-state index contributed by atoms with van der Waals surface area (Å²) in [5.41, 5.74) is 0.547. The van der Waals surface area contributed by atoms with Gasteiger partial charge in [-0.3, -0.25) is 9.69 Å². The van der Waals surface area contributed by atoms with Crippen molar-refractivity contribution in [2.75, 3.05) is 12.4 Å². The quantitative estimate of drug-likeness (QED) is 0.814. The van der Waals surface area contributed by atoms with Crippen molar-refractivity contribution >= 4 is 23.2 Å². The zero-order chi connectivity index (χ0) is 17.9. The zero-order valence-corrected chi connectivity index (χ0v) is 13.9. The minimum absolute atomic E-state index is 0.398. The highest BCUT2D eigenvalue weighted by Crippen LogP contribution is 2.20. The van der Waals surface area contributed by atoms with Crippen LogP contribution < -0.4 is 5.32 Å². The van der Waals surface area contributed by atoms with Crippen LogP contribution in [-0.4, -0.2) is 23.9 Å². The topological polar surface area (TPSA) is 32.3 Å². The van der Waals surface area contributed by atoms with Crippen molar-refractivity contribution in [2.45, 2.75) is 19.5 Å². The molecule has 2 aromatic rings. The minimum atomic E-state index is -1.62. The van der Waals surface area contributed by atoms with Crippen LogP contribution in [0.25, 0.3) is 0 Å². The number of carbonyl (C=O) groups excluding carboxylic acids is 1. The predicted molar refractivity (Wildman–Crippen MR) is 87.3 cm³/mol. The highest BCUT2D eigenvalue weighted by Gasteiger charge is 2.21. The van der Waals surface area contributed by atoms with Crippen LogP contribution in [0.2, 0.25) is 5.02 Å². The van der Waals surface area contributed by atoms with E-state index in [1.165, 1.54) is 0 Å². The van der Waals surface area contributed by atoms with Gasteiger partial charge in [0.05, 0.1) is 11.7 Å². The van der Waals surface area contributed by atoms with Gasteiger partial charge in [-0.2, -0.15) is 0 Å². The molecule has 128 valence electrons. The van der Waals surface area contributed by atoms with Gasteiger partial charge in [-0.05, 0) is 43.8 Å². The maximum Gasteiger partial charge on any atom is 0.241 e. The Morgan fingerprint density at radius 1 is 1.12 bits per heavy atom. The molecule has 2 rings (SSSR count). The van der Waals surface area contributed by atoms with Gasteiger partial charge in [-0.15, -0.1) is 0 Å². The Bertz CT molecular complexity index is 737. The summed E-state index contributed by atoms with van der Waals surface area (Å²) in [4.78, 5) is 13.9. The number of hydrogen-bond donors (Lipinski definition) is 1. The summed E-state index contributed by atoms with van der Waals surface area (Å²) in [5, 5.41) is 2.88. The molecule has 24 heavy (non-hydrogen) atoms. The first-order valence-corrected chi connectivity index (χ1v) is 7.56. The summed E-state index contributed by atoms with van der Waals surface area (Å²) in [7, 11) is 1.72. The van der Waals surface area contributed by atoms with Crippen molar-refractivity contribution < 1.29 is 18.0 Å². The summed E-state index contributed by atoms with van der Waals surface area (Å²) >= 11 is 5.82. The van der Waals surface area contributed by atoms with Gasteiger partial charge in [0.1, 0.15) is 0 Å². The summed E-state index contributed by atoms with van der Waals surface area (Å²) < 4.78 is 39.7. The maximum atomic E-state index is 13.6. The van der Waals surface area contributed by atoms with E-state index in [1.54, 1.807) is 31.0 Å². The van der Waals surface area contributed by atoms with E-state index in [0.717, 1.165) is 17.7 Å². The average Bonchev–Trinajstić information content (AvgIpc) is 2.56. The van der Waals surface area contributed by atoms with E-state index in [2.05, 4.69) is 5.32 Å². The molecule has 3 nitrogen and oxygen atoms in total. The Morgan fingerprint density at radius 2 is 1.75 bits per heavy atom. The minimum Gasteiger partial charge on any atom is -0.322 e. The standard InChI is InChI=1S/C17H16ClF3N2O/c1-10(23(2)9-11-3-5-12(18)6-4-11)17(24)22-14-8-7-13(19)15(20)16(14)21/h3-8,10H,9H2,1-2H3,(H,22,24). The van der Waals surface area contributed by atoms with Gasteiger partial charge in [-0.1, -0.05) is 23.7 Å². The van der Waals surface area contributed by atoms with Crippen LogP contribution >= 0.6 is 11.6 Å². The number of carbonyl (C=O) groups is 1. The summed E-state index contributed by atoms with van der Waals surface area (Å²) in [5.74, 6) is -4.87. The monoisotopic (exact) mass is 356 g/mol. The third-order valence-corrected chi connectivity index (χ3v) is 3.93. The molecule has 0 aliphatic heterocycles. The fourth-order valence-electron chi connectivity index (χ4n) is 2.07. The van der Waals surface area contributed by atoms with Crippen molar-refractivity contribution in [1.82, 2.24) is 4.90 Å². The van der Waals surface area contributed by atoms with Crippen molar-refractivity contribution in [2.24, 2.45) is 0 Å². The van der Waals surface area contributed by atoms with Gasteiger partial charge in [0, 0.05) is 11.6 Å². The van der Waals surface area contributed by atoms with Crippen molar-refractivity contribution in [3.05, 3.63) is 64.4 Å². The second kappa shape index (κ2) is 7.68. The average molecular weight is 357 g/mol. The van der Waals surface area contributed by atoms with E-state index < -0.39 is 35.1 Å². The third-order valence-electron chi connectivity index (χ3n) is 3.68. The fourth-order valence-corrected chi connectivity index (χ4v) is 2.20. The number of benzene rings is 2. The largest absolute Gasteiger partial charge is 0.322 e. The third kappa shape index (κ3) is 4.27. The molecule has 0 saturated carbocycles. The molecule has 2 aromatic carbocycles. The normalized spacial score (nSPS) is 12.3. The Morgan fingerprint density at radius 3 is 2.38 bits per heavy atom. The van der Waals surface area contributed by atoms with Crippen LogP contribution in [0.3, 0.4) is 0 Å². The van der Waals surface area contributed by atoms with Crippen molar-refractivity contribution in [1.29, 1.82) is 0 Å². The van der Waals surface area contributed by atoms with Gasteiger partial charge in [0.25, 0.3) is 0 Å². The van der Waals surface area contributed by atoms with E-state index in [9.17, 15) is 18.0 Å². The molecule has 0 aliphatic rings. The molecule has 1 amide bonds. The van der Waals surface area contributed by atoms with Gasteiger partial charge in [-0.25, -0.2) is 13.2 Å². The molecule has 0 heterocycles. The van der Waals surface area contributed by atoms with Crippen LogP contribution in [0.5, 0.6) is 0 Å². The van der Waals surface area contributed by atoms with E-state index >= 15 is 0 Å². The lowest BCUT2D eigenvalue weighted by atomic mass is 10.2. The van der Waals surface area contributed by atoms with Crippen LogP contribution in [0.4, 0.5) is 18.9 Å². The van der Waals surface area contributed by atoms with Gasteiger partial charge in [0.15, 0.2) is 17.5 Å². The summed E-state index contributed by atoms with van der Waals surface area (Å²) in [6.07, 6.45) is 0.